The van der Waals surface area contributed by atoms with Crippen molar-refractivity contribution in [3.8, 4) is 0 Å². The third kappa shape index (κ3) is 3.11. The number of hydrogen-bond donors (Lipinski definition) is 3. The Morgan fingerprint density at radius 2 is 2.00 bits per heavy atom. The average molecular weight is 380 g/mol. The summed E-state index contributed by atoms with van der Waals surface area (Å²) in [5.74, 6) is 0.323. The molecule has 2 atom stereocenters. The molecule has 5 rings (SSSR count). The van der Waals surface area contributed by atoms with E-state index in [1.165, 1.54) is 11.3 Å². The summed E-state index contributed by atoms with van der Waals surface area (Å²) in [5, 5.41) is 26.2. The maximum atomic E-state index is 13.3. The number of fused-ring (bicyclic) bond motifs is 3. The molecule has 3 N–H and O–H groups in total. The lowest BCUT2D eigenvalue weighted by molar-refractivity contribution is -0.944. The van der Waals surface area contributed by atoms with E-state index in [4.69, 9.17) is 0 Å². The fourth-order valence-electron chi connectivity index (χ4n) is 5.59. The lowest BCUT2D eigenvalue weighted by Gasteiger charge is -2.53. The van der Waals surface area contributed by atoms with Gasteiger partial charge in [0.25, 0.3) is 5.91 Å². The molecule has 3 aliphatic heterocycles. The van der Waals surface area contributed by atoms with Gasteiger partial charge in [-0.05, 0) is 30.2 Å². The summed E-state index contributed by atoms with van der Waals surface area (Å²) in [7, 11) is 0. The average Bonchev–Trinajstić information content (AvgIpc) is 3.36. The number of nitrogens with zero attached hydrogens (tertiary/aromatic N) is 1. The number of hydrogen-bond acceptors (Lipinski definition) is 4. The highest BCUT2D eigenvalue weighted by molar-refractivity contribution is 7.10. The van der Waals surface area contributed by atoms with E-state index in [2.05, 4.69) is 5.32 Å². The van der Waals surface area contributed by atoms with Gasteiger partial charge in [-0.2, -0.15) is 0 Å². The predicted octanol–water partition coefficient (Wildman–Crippen LogP) is 1.84. The zero-order valence-electron chi connectivity index (χ0n) is 15.4. The molecule has 0 aromatic carbocycles. The minimum absolute atomic E-state index is 0.0165. The minimum Gasteiger partial charge on any atom is -0.391 e. The Hall–Kier alpha value is -0.950. The van der Waals surface area contributed by atoms with Gasteiger partial charge in [0.05, 0.1) is 32.3 Å². The van der Waals surface area contributed by atoms with Crippen molar-refractivity contribution in [3.05, 3.63) is 22.4 Å². The van der Waals surface area contributed by atoms with Crippen molar-refractivity contribution in [3.63, 3.8) is 0 Å². The van der Waals surface area contributed by atoms with Gasteiger partial charge in [0, 0.05) is 23.6 Å². The monoisotopic (exact) mass is 379 g/mol. The number of aliphatic hydroxyl groups excluding tert-OH is 1. The second kappa shape index (κ2) is 7.23. The van der Waals surface area contributed by atoms with E-state index in [1.807, 2.05) is 17.5 Å². The number of nitrogens with one attached hydrogen (secondary N) is 1. The number of aliphatic hydroxyl groups is 2. The first kappa shape index (κ1) is 18.4. The lowest BCUT2D eigenvalue weighted by Crippen LogP contribution is -2.69. The van der Waals surface area contributed by atoms with Crippen molar-refractivity contribution in [2.45, 2.75) is 50.2 Å². The second-order valence-electron chi connectivity index (χ2n) is 8.56. The lowest BCUT2D eigenvalue weighted by atomic mass is 9.79. The van der Waals surface area contributed by atoms with Crippen LogP contribution in [0.15, 0.2) is 17.5 Å². The van der Waals surface area contributed by atoms with Crippen molar-refractivity contribution >= 4 is 17.2 Å². The molecular formula is C20H31N2O3S+. The zero-order chi connectivity index (χ0) is 18.2. The number of thiophene rings is 1. The van der Waals surface area contributed by atoms with E-state index in [0.29, 0.717) is 5.92 Å². The molecule has 3 saturated heterocycles. The molecule has 1 aromatic rings. The van der Waals surface area contributed by atoms with Gasteiger partial charge in [-0.3, -0.25) is 4.79 Å². The van der Waals surface area contributed by atoms with Crippen molar-refractivity contribution in [1.29, 1.82) is 0 Å². The van der Waals surface area contributed by atoms with Crippen molar-refractivity contribution < 1.29 is 19.5 Å². The SMILES string of the molecule is O=C(N[C@H]1C[N+]2(CCO)CCC1CC2)[C@](O)(c1cccs1)C1CCCC1. The summed E-state index contributed by atoms with van der Waals surface area (Å²) in [6.45, 7) is 4.08. The Morgan fingerprint density at radius 3 is 2.62 bits per heavy atom. The van der Waals surface area contributed by atoms with Crippen LogP contribution in [0.25, 0.3) is 0 Å². The molecule has 1 aromatic heterocycles. The summed E-state index contributed by atoms with van der Waals surface area (Å²) in [6.07, 6.45) is 6.22. The summed E-state index contributed by atoms with van der Waals surface area (Å²) >= 11 is 1.48. The fourth-order valence-corrected chi connectivity index (χ4v) is 6.49. The molecule has 4 heterocycles. The molecule has 0 radical (unpaired) electrons. The molecule has 2 bridgehead atoms. The van der Waals surface area contributed by atoms with Gasteiger partial charge >= 0.3 is 0 Å². The highest BCUT2D eigenvalue weighted by Crippen LogP contribution is 2.43. The van der Waals surface area contributed by atoms with Crippen LogP contribution >= 0.6 is 11.3 Å². The molecule has 5 nitrogen and oxygen atoms in total. The molecule has 144 valence electrons. The van der Waals surface area contributed by atoms with Crippen LogP contribution in [0.2, 0.25) is 0 Å². The van der Waals surface area contributed by atoms with Gasteiger partial charge in [-0.15, -0.1) is 11.3 Å². The first-order valence-corrected chi connectivity index (χ1v) is 11.0. The largest absolute Gasteiger partial charge is 0.391 e. The predicted molar refractivity (Wildman–Crippen MR) is 102 cm³/mol. The van der Waals surface area contributed by atoms with Crippen LogP contribution in [-0.2, 0) is 10.4 Å². The van der Waals surface area contributed by atoms with Crippen molar-refractivity contribution in [2.24, 2.45) is 11.8 Å². The van der Waals surface area contributed by atoms with E-state index in [1.54, 1.807) is 0 Å². The number of piperidine rings is 3. The fraction of sp³-hybridized carbons (Fsp3) is 0.750. The van der Waals surface area contributed by atoms with E-state index < -0.39 is 5.60 Å². The summed E-state index contributed by atoms with van der Waals surface area (Å²) < 4.78 is 0.915. The number of amides is 1. The van der Waals surface area contributed by atoms with Crippen molar-refractivity contribution in [2.75, 3.05) is 32.8 Å². The van der Waals surface area contributed by atoms with E-state index in [0.717, 1.165) is 74.1 Å². The highest BCUT2D eigenvalue weighted by atomic mass is 32.1. The maximum absolute atomic E-state index is 13.3. The Labute approximate surface area is 159 Å². The molecule has 1 amide bonds. The smallest absolute Gasteiger partial charge is 0.258 e. The van der Waals surface area contributed by atoms with Crippen LogP contribution in [-0.4, -0.2) is 59.4 Å². The van der Waals surface area contributed by atoms with Gasteiger partial charge in [-0.25, -0.2) is 0 Å². The number of carbonyl (C=O) groups excluding carboxylic acids is 1. The number of rotatable bonds is 6. The second-order valence-corrected chi connectivity index (χ2v) is 9.51. The van der Waals surface area contributed by atoms with Gasteiger partial charge < -0.3 is 20.0 Å². The summed E-state index contributed by atoms with van der Waals surface area (Å²) in [6, 6.07) is 3.94. The first-order chi connectivity index (χ1) is 12.6. The Morgan fingerprint density at radius 1 is 1.27 bits per heavy atom. The van der Waals surface area contributed by atoms with Crippen LogP contribution in [0.5, 0.6) is 0 Å². The van der Waals surface area contributed by atoms with Gasteiger partial charge in [0.15, 0.2) is 5.60 Å². The summed E-state index contributed by atoms with van der Waals surface area (Å²) in [5.41, 5.74) is -1.39. The van der Waals surface area contributed by atoms with Crippen LogP contribution in [0.3, 0.4) is 0 Å². The normalized spacial score (nSPS) is 33.9. The molecule has 4 fully saturated rings. The number of quaternary nitrogens is 1. The quantitative estimate of drug-likeness (QED) is 0.661. The standard InChI is InChI=1S/C20H30N2O3S/c23-12-11-22-9-7-15(8-10-22)17(14-22)21-19(24)20(25,16-4-1-2-5-16)18-6-3-13-26-18/h3,6,13,15-17,23,25H,1-2,4-5,7-12,14H2/p+1/t15?,17-,20+,22?/m0/s1. The topological polar surface area (TPSA) is 69.6 Å². The van der Waals surface area contributed by atoms with Crippen LogP contribution in [0.1, 0.15) is 43.4 Å². The van der Waals surface area contributed by atoms with Crippen LogP contribution < -0.4 is 5.32 Å². The van der Waals surface area contributed by atoms with E-state index >= 15 is 0 Å². The van der Waals surface area contributed by atoms with Gasteiger partial charge in [0.1, 0.15) is 6.54 Å². The van der Waals surface area contributed by atoms with Crippen LogP contribution in [0.4, 0.5) is 0 Å². The molecule has 1 saturated carbocycles. The molecule has 0 unspecified atom stereocenters. The van der Waals surface area contributed by atoms with Gasteiger partial charge in [-0.1, -0.05) is 18.9 Å². The Balaban J connectivity index is 1.54. The minimum atomic E-state index is -1.39. The molecule has 1 aliphatic carbocycles. The Bertz CT molecular complexity index is 616. The first-order valence-electron chi connectivity index (χ1n) is 10.1. The van der Waals surface area contributed by atoms with E-state index in [9.17, 15) is 15.0 Å². The highest BCUT2D eigenvalue weighted by Gasteiger charge is 2.51. The zero-order valence-corrected chi connectivity index (χ0v) is 16.2. The molecule has 0 spiro atoms. The molecule has 6 heteroatoms. The maximum Gasteiger partial charge on any atom is 0.258 e. The molecule has 26 heavy (non-hydrogen) atoms. The summed E-state index contributed by atoms with van der Waals surface area (Å²) in [4.78, 5) is 14.1. The third-order valence-corrected chi connectivity index (χ3v) is 8.18. The van der Waals surface area contributed by atoms with Crippen LogP contribution in [0, 0.1) is 11.8 Å². The molecular weight excluding hydrogens is 348 g/mol. The third-order valence-electron chi connectivity index (χ3n) is 7.18. The molecule has 4 aliphatic rings. The Kier molecular flexibility index (Phi) is 5.12. The number of carbonyl (C=O) groups is 1. The van der Waals surface area contributed by atoms with Gasteiger partial charge in [0.2, 0.25) is 0 Å². The van der Waals surface area contributed by atoms with E-state index in [-0.39, 0.29) is 24.5 Å². The van der Waals surface area contributed by atoms with Crippen molar-refractivity contribution in [1.82, 2.24) is 5.32 Å².